The van der Waals surface area contributed by atoms with Gasteiger partial charge in [0.1, 0.15) is 9.88 Å². The smallest absolute Gasteiger partial charge is 0.267 e. The van der Waals surface area contributed by atoms with Gasteiger partial charge in [0, 0.05) is 16.7 Å². The lowest BCUT2D eigenvalue weighted by molar-refractivity contribution is 0.0848. The third-order valence-corrected chi connectivity index (χ3v) is 7.16. The van der Waals surface area contributed by atoms with Crippen molar-refractivity contribution in [3.63, 3.8) is 0 Å². The lowest BCUT2D eigenvalue weighted by Gasteiger charge is -2.20. The van der Waals surface area contributed by atoms with E-state index in [0.717, 1.165) is 5.56 Å². The summed E-state index contributed by atoms with van der Waals surface area (Å²) in [6.07, 6.45) is 0. The zero-order chi connectivity index (χ0) is 23.5. The molecule has 0 aliphatic rings. The van der Waals surface area contributed by atoms with E-state index >= 15 is 0 Å². The molecule has 0 bridgehead atoms. The highest BCUT2D eigenvalue weighted by Crippen LogP contribution is 2.27. The summed E-state index contributed by atoms with van der Waals surface area (Å²) < 4.78 is 27.3. The minimum atomic E-state index is -3.70. The summed E-state index contributed by atoms with van der Waals surface area (Å²) in [5.41, 5.74) is 5.75. The van der Waals surface area contributed by atoms with E-state index in [1.165, 1.54) is 35.6 Å². The highest BCUT2D eigenvalue weighted by molar-refractivity contribution is 7.89. The maximum atomic E-state index is 12.5. The van der Waals surface area contributed by atoms with Crippen LogP contribution in [0.1, 0.15) is 46.5 Å². The van der Waals surface area contributed by atoms with Gasteiger partial charge >= 0.3 is 0 Å². The standard InChI is InChI=1S/C22H24N4O4S2/c1-14-18(31-21(23-14)16-8-6-5-7-9-16)20(28)25-24-19(27)15-10-12-17(13-11-15)32(29,30)26-22(2,3)4/h5-13,26H,1-4H3,(H,24,27)(H,25,28). The predicted octanol–water partition coefficient (Wildman–Crippen LogP) is 3.27. The fourth-order valence-electron chi connectivity index (χ4n) is 2.80. The van der Waals surface area contributed by atoms with Gasteiger partial charge in [-0.1, -0.05) is 30.3 Å². The molecular weight excluding hydrogens is 448 g/mol. The number of hydrogen-bond donors (Lipinski definition) is 3. The maximum Gasteiger partial charge on any atom is 0.281 e. The monoisotopic (exact) mass is 472 g/mol. The van der Waals surface area contributed by atoms with Gasteiger partial charge in [-0.3, -0.25) is 20.4 Å². The molecule has 0 fully saturated rings. The maximum absolute atomic E-state index is 12.5. The van der Waals surface area contributed by atoms with Gasteiger partial charge in [-0.05, 0) is 52.0 Å². The van der Waals surface area contributed by atoms with Gasteiger partial charge in [0.05, 0.1) is 10.6 Å². The number of hydrazine groups is 1. The first-order valence-corrected chi connectivity index (χ1v) is 12.0. The van der Waals surface area contributed by atoms with Crippen LogP contribution < -0.4 is 15.6 Å². The van der Waals surface area contributed by atoms with Crippen molar-refractivity contribution >= 4 is 33.2 Å². The number of hydrogen-bond acceptors (Lipinski definition) is 6. The Hall–Kier alpha value is -3.08. The second kappa shape index (κ2) is 9.19. The average Bonchev–Trinajstić information content (AvgIpc) is 3.12. The third kappa shape index (κ3) is 5.78. The second-order valence-corrected chi connectivity index (χ2v) is 10.8. The normalized spacial score (nSPS) is 11.8. The topological polar surface area (TPSA) is 117 Å². The molecule has 168 valence electrons. The molecule has 3 N–H and O–H groups in total. The molecule has 3 aromatic rings. The summed E-state index contributed by atoms with van der Waals surface area (Å²) in [5, 5.41) is 0.709. The van der Waals surface area contributed by atoms with E-state index in [1.54, 1.807) is 27.7 Å². The molecule has 0 aliphatic heterocycles. The van der Waals surface area contributed by atoms with Gasteiger partial charge in [0.25, 0.3) is 11.8 Å². The van der Waals surface area contributed by atoms with Crippen molar-refractivity contribution in [1.29, 1.82) is 0 Å². The van der Waals surface area contributed by atoms with Crippen LogP contribution in [0.15, 0.2) is 59.5 Å². The van der Waals surface area contributed by atoms with E-state index in [4.69, 9.17) is 0 Å². The van der Waals surface area contributed by atoms with Gasteiger partial charge in [-0.15, -0.1) is 11.3 Å². The Kier molecular flexibility index (Phi) is 6.77. The largest absolute Gasteiger partial charge is 0.281 e. The number of carbonyl (C=O) groups is 2. The van der Waals surface area contributed by atoms with Crippen LogP contribution in [0.2, 0.25) is 0 Å². The summed E-state index contributed by atoms with van der Waals surface area (Å²) in [6, 6.07) is 14.9. The van der Waals surface area contributed by atoms with Crippen molar-refractivity contribution < 1.29 is 18.0 Å². The second-order valence-electron chi connectivity index (χ2n) is 8.09. The SMILES string of the molecule is Cc1nc(-c2ccccc2)sc1C(=O)NNC(=O)c1ccc(S(=O)(=O)NC(C)(C)C)cc1. The van der Waals surface area contributed by atoms with Crippen LogP contribution in [0.25, 0.3) is 10.6 Å². The Bertz CT molecular complexity index is 1230. The molecule has 0 aliphatic carbocycles. The number of amides is 2. The number of rotatable bonds is 5. The lowest BCUT2D eigenvalue weighted by Crippen LogP contribution is -2.41. The molecule has 0 radical (unpaired) electrons. The first-order chi connectivity index (χ1) is 15.0. The summed E-state index contributed by atoms with van der Waals surface area (Å²) in [6.45, 7) is 6.94. The fourth-order valence-corrected chi connectivity index (χ4v) is 5.19. The molecule has 3 rings (SSSR count). The summed E-state index contributed by atoms with van der Waals surface area (Å²) in [5.74, 6) is -1.05. The van der Waals surface area contributed by atoms with Crippen LogP contribution in [0.3, 0.4) is 0 Å². The Morgan fingerprint density at radius 2 is 1.50 bits per heavy atom. The van der Waals surface area contributed by atoms with Crippen LogP contribution in [0.4, 0.5) is 0 Å². The number of nitrogens with zero attached hydrogens (tertiary/aromatic N) is 1. The molecule has 1 heterocycles. The molecule has 2 aromatic carbocycles. The van der Waals surface area contributed by atoms with Crippen molar-refractivity contribution in [3.8, 4) is 10.6 Å². The van der Waals surface area contributed by atoms with E-state index in [9.17, 15) is 18.0 Å². The first-order valence-electron chi connectivity index (χ1n) is 9.74. The van der Waals surface area contributed by atoms with Crippen LogP contribution in [0, 0.1) is 6.92 Å². The van der Waals surface area contributed by atoms with Gasteiger partial charge in [-0.25, -0.2) is 18.1 Å². The first kappa shape index (κ1) is 23.6. The number of aryl methyl sites for hydroxylation is 1. The zero-order valence-electron chi connectivity index (χ0n) is 18.1. The van der Waals surface area contributed by atoms with Crippen LogP contribution >= 0.6 is 11.3 Å². The molecule has 0 saturated heterocycles. The molecular formula is C22H24N4O4S2. The summed E-state index contributed by atoms with van der Waals surface area (Å²) in [7, 11) is -3.70. The number of thiazole rings is 1. The van der Waals surface area contributed by atoms with Crippen molar-refractivity contribution in [2.75, 3.05) is 0 Å². The minimum absolute atomic E-state index is 0.0433. The van der Waals surface area contributed by atoms with E-state index in [1.807, 2.05) is 30.3 Å². The molecule has 0 unspecified atom stereocenters. The lowest BCUT2D eigenvalue weighted by atomic mass is 10.1. The molecule has 10 heteroatoms. The third-order valence-electron chi connectivity index (χ3n) is 4.18. The molecule has 2 amide bonds. The summed E-state index contributed by atoms with van der Waals surface area (Å²) in [4.78, 5) is 29.8. The fraction of sp³-hybridized carbons (Fsp3) is 0.227. The van der Waals surface area contributed by atoms with Crippen LogP contribution in [0.5, 0.6) is 0 Å². The average molecular weight is 473 g/mol. The Balaban J connectivity index is 1.65. The van der Waals surface area contributed by atoms with E-state index < -0.39 is 27.4 Å². The molecule has 32 heavy (non-hydrogen) atoms. The zero-order valence-corrected chi connectivity index (χ0v) is 19.7. The number of benzene rings is 2. The minimum Gasteiger partial charge on any atom is -0.267 e. The highest BCUT2D eigenvalue weighted by atomic mass is 32.2. The van der Waals surface area contributed by atoms with Crippen LogP contribution in [-0.4, -0.2) is 30.8 Å². The van der Waals surface area contributed by atoms with Crippen molar-refractivity contribution in [1.82, 2.24) is 20.6 Å². The Morgan fingerprint density at radius 1 is 0.906 bits per heavy atom. The van der Waals surface area contributed by atoms with Crippen molar-refractivity contribution in [3.05, 3.63) is 70.7 Å². The quantitative estimate of drug-likeness (QED) is 0.493. The van der Waals surface area contributed by atoms with E-state index in [-0.39, 0.29) is 10.5 Å². The molecule has 1 aromatic heterocycles. The van der Waals surface area contributed by atoms with Gasteiger partial charge in [-0.2, -0.15) is 0 Å². The number of aromatic nitrogens is 1. The predicted molar refractivity (Wildman–Crippen MR) is 124 cm³/mol. The van der Waals surface area contributed by atoms with Crippen LogP contribution in [-0.2, 0) is 10.0 Å². The van der Waals surface area contributed by atoms with Crippen molar-refractivity contribution in [2.24, 2.45) is 0 Å². The number of nitrogens with one attached hydrogen (secondary N) is 3. The van der Waals surface area contributed by atoms with Gasteiger partial charge < -0.3 is 0 Å². The van der Waals surface area contributed by atoms with Gasteiger partial charge in [0.2, 0.25) is 10.0 Å². The highest BCUT2D eigenvalue weighted by Gasteiger charge is 2.22. The van der Waals surface area contributed by atoms with Crippen molar-refractivity contribution in [2.45, 2.75) is 38.1 Å². The molecule has 0 atom stereocenters. The summed E-state index contributed by atoms with van der Waals surface area (Å²) >= 11 is 1.23. The molecule has 8 nitrogen and oxygen atoms in total. The molecule has 0 saturated carbocycles. The number of sulfonamides is 1. The Labute approximate surface area is 191 Å². The van der Waals surface area contributed by atoms with E-state index in [0.29, 0.717) is 15.6 Å². The van der Waals surface area contributed by atoms with Gasteiger partial charge in [0.15, 0.2) is 0 Å². The Morgan fingerprint density at radius 3 is 2.09 bits per heavy atom. The number of carbonyl (C=O) groups excluding carboxylic acids is 2. The van der Waals surface area contributed by atoms with E-state index in [2.05, 4.69) is 20.6 Å². The molecule has 0 spiro atoms.